The van der Waals surface area contributed by atoms with Gasteiger partial charge in [-0.25, -0.2) is 0 Å². The minimum Gasteiger partial charge on any atom is -0.486 e. The zero-order valence-electron chi connectivity index (χ0n) is 15.1. The van der Waals surface area contributed by atoms with E-state index in [0.717, 1.165) is 16.6 Å². The second-order valence-electron chi connectivity index (χ2n) is 6.16. The van der Waals surface area contributed by atoms with Crippen LogP contribution in [0.4, 0.5) is 0 Å². The highest BCUT2D eigenvalue weighted by molar-refractivity contribution is 5.92. The number of carbonyl (C=O) groups excluding carboxylic acids is 1. The first kappa shape index (κ1) is 17.6. The number of aryl methyl sites for hydroxylation is 1. The second-order valence-corrected chi connectivity index (χ2v) is 6.16. The lowest BCUT2D eigenvalue weighted by molar-refractivity contribution is 0.0941. The molecule has 4 aromatic rings. The third-order valence-electron chi connectivity index (χ3n) is 4.01. The molecule has 0 radical (unpaired) electrons. The summed E-state index contributed by atoms with van der Waals surface area (Å²) in [7, 11) is 0. The Morgan fingerprint density at radius 3 is 2.93 bits per heavy atom. The molecule has 0 atom stereocenters. The van der Waals surface area contributed by atoms with E-state index in [1.165, 1.54) is 0 Å². The number of rotatable bonds is 6. The Morgan fingerprint density at radius 1 is 1.14 bits per heavy atom. The molecule has 4 rings (SSSR count). The zero-order valence-corrected chi connectivity index (χ0v) is 15.1. The normalized spacial score (nSPS) is 10.8. The van der Waals surface area contributed by atoms with Crippen LogP contribution in [0.15, 0.2) is 59.5 Å². The average molecular weight is 375 g/mol. The Labute approximate surface area is 160 Å². The van der Waals surface area contributed by atoms with E-state index in [9.17, 15) is 4.79 Å². The fraction of sp³-hybridized carbons (Fsp3) is 0.150. The van der Waals surface area contributed by atoms with Crippen molar-refractivity contribution < 1.29 is 14.1 Å². The Kier molecular flexibility index (Phi) is 4.92. The van der Waals surface area contributed by atoms with E-state index in [-0.39, 0.29) is 24.8 Å². The Bertz CT molecular complexity index is 1110. The second kappa shape index (κ2) is 7.83. The molecule has 0 aliphatic carbocycles. The standard InChI is InChI=1S/C20H17N5O3/c1-13-9-23-15(10-22-13)11-24-20(26)19-8-17(28-25-19)12-27-16-4-5-18-14(7-16)3-2-6-21-18/h2-10H,11-12H2,1H3,(H,24,26). The third-order valence-corrected chi connectivity index (χ3v) is 4.01. The smallest absolute Gasteiger partial charge is 0.273 e. The van der Waals surface area contributed by atoms with Crippen molar-refractivity contribution in [2.45, 2.75) is 20.1 Å². The summed E-state index contributed by atoms with van der Waals surface area (Å²) < 4.78 is 10.9. The van der Waals surface area contributed by atoms with E-state index in [2.05, 4.69) is 25.4 Å². The molecule has 0 saturated heterocycles. The summed E-state index contributed by atoms with van der Waals surface area (Å²) in [6.45, 7) is 2.27. The molecule has 0 aliphatic heterocycles. The number of fused-ring (bicyclic) bond motifs is 1. The van der Waals surface area contributed by atoms with Crippen molar-refractivity contribution in [2.75, 3.05) is 0 Å². The minimum absolute atomic E-state index is 0.162. The van der Waals surface area contributed by atoms with Crippen LogP contribution in [0, 0.1) is 6.92 Å². The molecule has 0 spiro atoms. The van der Waals surface area contributed by atoms with E-state index < -0.39 is 0 Å². The first-order valence-electron chi connectivity index (χ1n) is 8.66. The van der Waals surface area contributed by atoms with Crippen molar-refractivity contribution in [1.82, 2.24) is 25.4 Å². The van der Waals surface area contributed by atoms with Gasteiger partial charge < -0.3 is 14.6 Å². The van der Waals surface area contributed by atoms with Gasteiger partial charge in [0, 0.05) is 23.8 Å². The van der Waals surface area contributed by atoms with Gasteiger partial charge in [0.05, 0.1) is 29.6 Å². The predicted octanol–water partition coefficient (Wildman–Crippen LogP) is 2.83. The molecule has 0 aliphatic rings. The number of ether oxygens (including phenoxy) is 1. The number of nitrogens with zero attached hydrogens (tertiary/aromatic N) is 4. The molecule has 8 nitrogen and oxygen atoms in total. The largest absolute Gasteiger partial charge is 0.486 e. The molecule has 28 heavy (non-hydrogen) atoms. The maximum absolute atomic E-state index is 12.2. The van der Waals surface area contributed by atoms with Crippen molar-refractivity contribution in [3.8, 4) is 5.75 Å². The fourth-order valence-electron chi connectivity index (χ4n) is 2.56. The molecule has 3 heterocycles. The monoisotopic (exact) mass is 375 g/mol. The minimum atomic E-state index is -0.353. The van der Waals surface area contributed by atoms with Crippen LogP contribution >= 0.6 is 0 Å². The van der Waals surface area contributed by atoms with Crippen LogP contribution in [0.1, 0.15) is 27.6 Å². The van der Waals surface area contributed by atoms with Crippen LogP contribution in [0.2, 0.25) is 0 Å². The van der Waals surface area contributed by atoms with E-state index in [0.29, 0.717) is 17.2 Å². The Hall–Kier alpha value is -3.81. The van der Waals surface area contributed by atoms with Gasteiger partial charge in [0.2, 0.25) is 0 Å². The number of nitrogens with one attached hydrogen (secondary N) is 1. The summed E-state index contributed by atoms with van der Waals surface area (Å²) in [5.74, 6) is 0.779. The first-order chi connectivity index (χ1) is 13.7. The Morgan fingerprint density at radius 2 is 2.07 bits per heavy atom. The van der Waals surface area contributed by atoms with Crippen LogP contribution in [0.3, 0.4) is 0 Å². The van der Waals surface area contributed by atoms with Crippen molar-refractivity contribution in [2.24, 2.45) is 0 Å². The lowest BCUT2D eigenvalue weighted by Crippen LogP contribution is -2.23. The van der Waals surface area contributed by atoms with Gasteiger partial charge in [-0.05, 0) is 31.2 Å². The summed E-state index contributed by atoms with van der Waals surface area (Å²) in [5, 5.41) is 7.51. The number of pyridine rings is 1. The maximum atomic E-state index is 12.2. The van der Waals surface area contributed by atoms with Gasteiger partial charge >= 0.3 is 0 Å². The third kappa shape index (κ3) is 4.12. The maximum Gasteiger partial charge on any atom is 0.273 e. The van der Waals surface area contributed by atoms with E-state index >= 15 is 0 Å². The van der Waals surface area contributed by atoms with E-state index in [1.54, 1.807) is 24.7 Å². The van der Waals surface area contributed by atoms with Gasteiger partial charge in [0.25, 0.3) is 5.91 Å². The zero-order chi connectivity index (χ0) is 19.3. The molecule has 1 aromatic carbocycles. The van der Waals surface area contributed by atoms with Crippen LogP contribution in [-0.2, 0) is 13.2 Å². The van der Waals surface area contributed by atoms with Gasteiger partial charge in [-0.2, -0.15) is 0 Å². The number of benzene rings is 1. The van der Waals surface area contributed by atoms with E-state index in [1.807, 2.05) is 37.3 Å². The molecule has 1 amide bonds. The molecule has 1 N–H and O–H groups in total. The predicted molar refractivity (Wildman–Crippen MR) is 101 cm³/mol. The van der Waals surface area contributed by atoms with Crippen molar-refractivity contribution in [1.29, 1.82) is 0 Å². The highest BCUT2D eigenvalue weighted by Gasteiger charge is 2.13. The van der Waals surface area contributed by atoms with Gasteiger partial charge in [-0.15, -0.1) is 0 Å². The van der Waals surface area contributed by atoms with Crippen LogP contribution < -0.4 is 10.1 Å². The lowest BCUT2D eigenvalue weighted by Gasteiger charge is -2.04. The topological polar surface area (TPSA) is 103 Å². The Balaban J connectivity index is 1.34. The average Bonchev–Trinajstić information content (AvgIpc) is 3.21. The van der Waals surface area contributed by atoms with Crippen molar-refractivity contribution in [3.63, 3.8) is 0 Å². The number of aromatic nitrogens is 4. The molecule has 140 valence electrons. The summed E-state index contributed by atoms with van der Waals surface area (Å²) in [4.78, 5) is 24.8. The van der Waals surface area contributed by atoms with Gasteiger partial charge in [-0.3, -0.25) is 19.7 Å². The molecule has 8 heteroatoms. The highest BCUT2D eigenvalue weighted by Crippen LogP contribution is 2.20. The molecule has 0 bridgehead atoms. The number of amides is 1. The lowest BCUT2D eigenvalue weighted by atomic mass is 10.2. The van der Waals surface area contributed by atoms with Gasteiger partial charge in [0.1, 0.15) is 12.4 Å². The van der Waals surface area contributed by atoms with Gasteiger partial charge in [-0.1, -0.05) is 11.2 Å². The summed E-state index contributed by atoms with van der Waals surface area (Å²) in [6, 6.07) is 11.0. The number of carbonyl (C=O) groups is 1. The van der Waals surface area contributed by atoms with Gasteiger partial charge in [0.15, 0.2) is 11.5 Å². The first-order valence-corrected chi connectivity index (χ1v) is 8.66. The molecule has 0 unspecified atom stereocenters. The van der Waals surface area contributed by atoms with Crippen LogP contribution in [0.5, 0.6) is 5.75 Å². The van der Waals surface area contributed by atoms with E-state index in [4.69, 9.17) is 9.26 Å². The summed E-state index contributed by atoms with van der Waals surface area (Å²) >= 11 is 0. The van der Waals surface area contributed by atoms with Crippen LogP contribution in [0.25, 0.3) is 10.9 Å². The molecular weight excluding hydrogens is 358 g/mol. The van der Waals surface area contributed by atoms with Crippen molar-refractivity contribution in [3.05, 3.63) is 77.8 Å². The van der Waals surface area contributed by atoms with Crippen LogP contribution in [-0.4, -0.2) is 26.0 Å². The SMILES string of the molecule is Cc1cnc(CNC(=O)c2cc(COc3ccc4ncccc4c3)on2)cn1. The highest BCUT2D eigenvalue weighted by atomic mass is 16.5. The number of hydrogen-bond acceptors (Lipinski definition) is 7. The molecule has 0 saturated carbocycles. The van der Waals surface area contributed by atoms with Crippen molar-refractivity contribution >= 4 is 16.8 Å². The molecule has 0 fully saturated rings. The number of hydrogen-bond donors (Lipinski definition) is 1. The molecular formula is C20H17N5O3. The summed E-state index contributed by atoms with van der Waals surface area (Å²) in [6.07, 6.45) is 5.02. The fourth-order valence-corrected chi connectivity index (χ4v) is 2.56. The summed E-state index contributed by atoms with van der Waals surface area (Å²) in [5.41, 5.74) is 2.56. The quantitative estimate of drug-likeness (QED) is 0.553. The molecule has 3 aromatic heterocycles.